The van der Waals surface area contributed by atoms with E-state index in [0.717, 1.165) is 25.1 Å². The summed E-state index contributed by atoms with van der Waals surface area (Å²) in [7, 11) is 0. The first-order valence-corrected chi connectivity index (χ1v) is 6.20. The van der Waals surface area contributed by atoms with Gasteiger partial charge in [0.25, 0.3) is 0 Å². The second-order valence-electron chi connectivity index (χ2n) is 4.45. The summed E-state index contributed by atoms with van der Waals surface area (Å²) in [5.74, 6) is 0. The third-order valence-corrected chi connectivity index (χ3v) is 3.15. The maximum atomic E-state index is 9.68. The zero-order chi connectivity index (χ0) is 12.1. The third-order valence-electron chi connectivity index (χ3n) is 3.15. The highest BCUT2D eigenvalue weighted by Gasteiger charge is 2.16. The molecule has 1 unspecified atom stereocenters. The van der Waals surface area contributed by atoms with Crippen molar-refractivity contribution in [2.24, 2.45) is 4.99 Å². The highest BCUT2D eigenvalue weighted by atomic mass is 16.3. The van der Waals surface area contributed by atoms with Gasteiger partial charge < -0.3 is 5.11 Å². The van der Waals surface area contributed by atoms with Crippen LogP contribution in [0.3, 0.4) is 0 Å². The van der Waals surface area contributed by atoms with Crippen LogP contribution in [0.2, 0.25) is 0 Å². The lowest BCUT2D eigenvalue weighted by Gasteiger charge is -2.19. The van der Waals surface area contributed by atoms with Gasteiger partial charge in [-0.05, 0) is 30.9 Å². The van der Waals surface area contributed by atoms with E-state index in [4.69, 9.17) is 0 Å². The smallest absolute Gasteiger partial charge is 0.0613 e. The fourth-order valence-electron chi connectivity index (χ4n) is 2.16. The Labute approximate surface area is 103 Å². The Morgan fingerprint density at radius 2 is 2.18 bits per heavy atom. The fourth-order valence-corrected chi connectivity index (χ4v) is 2.16. The van der Waals surface area contributed by atoms with E-state index in [2.05, 4.69) is 35.3 Å². The van der Waals surface area contributed by atoms with E-state index >= 15 is 0 Å². The molecular weight excluding hydrogens is 210 g/mol. The second-order valence-corrected chi connectivity index (χ2v) is 4.45. The van der Waals surface area contributed by atoms with Crippen LogP contribution in [-0.2, 0) is 6.42 Å². The Balaban J connectivity index is 2.10. The second kappa shape index (κ2) is 5.78. The van der Waals surface area contributed by atoms with Crippen LogP contribution in [0.4, 0.5) is 0 Å². The van der Waals surface area contributed by atoms with Crippen molar-refractivity contribution in [3.05, 3.63) is 47.5 Å². The standard InChI is InChI=1S/C15H19NO/c1-2-13(10-12-6-4-3-5-7-12)15-11-14(17)8-9-16-15/h2-7,14,17H,8-11H2,1H3. The first-order chi connectivity index (χ1) is 8.29. The minimum absolute atomic E-state index is 0.215. The monoisotopic (exact) mass is 229 g/mol. The number of aliphatic hydroxyl groups is 1. The molecule has 1 heterocycles. The van der Waals surface area contributed by atoms with Crippen LogP contribution in [0, 0.1) is 0 Å². The van der Waals surface area contributed by atoms with E-state index in [0.29, 0.717) is 6.42 Å². The summed E-state index contributed by atoms with van der Waals surface area (Å²) in [4.78, 5) is 4.54. The topological polar surface area (TPSA) is 32.6 Å². The van der Waals surface area contributed by atoms with Crippen molar-refractivity contribution in [3.8, 4) is 0 Å². The van der Waals surface area contributed by atoms with Crippen molar-refractivity contribution in [3.63, 3.8) is 0 Å². The lowest BCUT2D eigenvalue weighted by Crippen LogP contribution is -2.22. The predicted molar refractivity (Wildman–Crippen MR) is 71.4 cm³/mol. The summed E-state index contributed by atoms with van der Waals surface area (Å²) in [5.41, 5.74) is 3.62. The molecule has 0 spiro atoms. The zero-order valence-corrected chi connectivity index (χ0v) is 10.3. The Morgan fingerprint density at radius 1 is 1.41 bits per heavy atom. The molecule has 0 bridgehead atoms. The lowest BCUT2D eigenvalue weighted by atomic mass is 9.94. The Morgan fingerprint density at radius 3 is 2.82 bits per heavy atom. The predicted octanol–water partition coefficient (Wildman–Crippen LogP) is 2.77. The number of hydrogen-bond donors (Lipinski definition) is 1. The molecular formula is C15H19NO. The fraction of sp³-hybridized carbons (Fsp3) is 0.400. The van der Waals surface area contributed by atoms with Gasteiger partial charge in [0, 0.05) is 18.7 Å². The molecule has 1 aliphatic heterocycles. The molecule has 0 saturated heterocycles. The summed E-state index contributed by atoms with van der Waals surface area (Å²) in [6.07, 6.45) is 4.30. The third kappa shape index (κ3) is 3.27. The normalized spacial score (nSPS) is 21.2. The molecule has 0 saturated carbocycles. The molecule has 2 heteroatoms. The molecule has 1 aromatic carbocycles. The summed E-state index contributed by atoms with van der Waals surface area (Å²) in [6, 6.07) is 10.4. The van der Waals surface area contributed by atoms with Crippen molar-refractivity contribution in [1.29, 1.82) is 0 Å². The van der Waals surface area contributed by atoms with Gasteiger partial charge >= 0.3 is 0 Å². The average Bonchev–Trinajstić information content (AvgIpc) is 2.37. The van der Waals surface area contributed by atoms with E-state index < -0.39 is 0 Å². The van der Waals surface area contributed by atoms with Crippen LogP contribution in [-0.4, -0.2) is 23.5 Å². The summed E-state index contributed by atoms with van der Waals surface area (Å²) in [5, 5.41) is 9.68. The van der Waals surface area contributed by atoms with Gasteiger partial charge in [-0.25, -0.2) is 0 Å². The molecule has 0 aromatic heterocycles. The van der Waals surface area contributed by atoms with E-state index in [1.165, 1.54) is 11.1 Å². The maximum absolute atomic E-state index is 9.68. The van der Waals surface area contributed by atoms with E-state index in [1.807, 2.05) is 13.0 Å². The Hall–Kier alpha value is -1.41. The van der Waals surface area contributed by atoms with Crippen molar-refractivity contribution >= 4 is 5.71 Å². The first-order valence-electron chi connectivity index (χ1n) is 6.20. The van der Waals surface area contributed by atoms with Gasteiger partial charge in [-0.3, -0.25) is 4.99 Å². The highest BCUT2D eigenvalue weighted by molar-refractivity contribution is 6.01. The summed E-state index contributed by atoms with van der Waals surface area (Å²) >= 11 is 0. The van der Waals surface area contributed by atoms with Crippen LogP contribution < -0.4 is 0 Å². The largest absolute Gasteiger partial charge is 0.393 e. The van der Waals surface area contributed by atoms with E-state index in [1.54, 1.807) is 0 Å². The molecule has 90 valence electrons. The quantitative estimate of drug-likeness (QED) is 0.849. The molecule has 2 nitrogen and oxygen atoms in total. The molecule has 0 radical (unpaired) electrons. The zero-order valence-electron chi connectivity index (χ0n) is 10.3. The van der Waals surface area contributed by atoms with E-state index in [9.17, 15) is 5.11 Å². The van der Waals surface area contributed by atoms with Crippen molar-refractivity contribution in [2.45, 2.75) is 32.3 Å². The van der Waals surface area contributed by atoms with Crippen LogP contribution in [0.15, 0.2) is 47.0 Å². The summed E-state index contributed by atoms with van der Waals surface area (Å²) in [6.45, 7) is 2.80. The van der Waals surface area contributed by atoms with Gasteiger partial charge in [-0.15, -0.1) is 0 Å². The number of nitrogens with zero attached hydrogens (tertiary/aromatic N) is 1. The number of aliphatic hydroxyl groups excluding tert-OH is 1. The Bertz CT molecular complexity index is 420. The molecule has 17 heavy (non-hydrogen) atoms. The molecule has 1 atom stereocenters. The first kappa shape index (κ1) is 12.1. The molecule has 2 rings (SSSR count). The average molecular weight is 229 g/mol. The van der Waals surface area contributed by atoms with Gasteiger partial charge in [-0.2, -0.15) is 0 Å². The van der Waals surface area contributed by atoms with Crippen LogP contribution in [0.1, 0.15) is 25.3 Å². The van der Waals surface area contributed by atoms with E-state index in [-0.39, 0.29) is 6.10 Å². The van der Waals surface area contributed by atoms with Gasteiger partial charge in [0.2, 0.25) is 0 Å². The number of rotatable bonds is 3. The van der Waals surface area contributed by atoms with Crippen LogP contribution in [0.25, 0.3) is 0 Å². The maximum Gasteiger partial charge on any atom is 0.0613 e. The van der Waals surface area contributed by atoms with Crippen molar-refractivity contribution in [2.75, 3.05) is 6.54 Å². The lowest BCUT2D eigenvalue weighted by molar-refractivity contribution is 0.170. The van der Waals surface area contributed by atoms with Crippen LogP contribution in [0.5, 0.6) is 0 Å². The molecule has 1 N–H and O–H groups in total. The SMILES string of the molecule is CC=C(Cc1ccccc1)C1=NCCC(O)C1. The van der Waals surface area contributed by atoms with Gasteiger partial charge in [-0.1, -0.05) is 36.4 Å². The van der Waals surface area contributed by atoms with Crippen molar-refractivity contribution < 1.29 is 5.11 Å². The van der Waals surface area contributed by atoms with Crippen LogP contribution >= 0.6 is 0 Å². The number of hydrogen-bond acceptors (Lipinski definition) is 2. The minimum atomic E-state index is -0.215. The number of benzene rings is 1. The summed E-state index contributed by atoms with van der Waals surface area (Å²) < 4.78 is 0. The number of aliphatic imine (C=N–C) groups is 1. The molecule has 0 amide bonds. The molecule has 0 fully saturated rings. The van der Waals surface area contributed by atoms with Crippen molar-refractivity contribution in [1.82, 2.24) is 0 Å². The number of allylic oxidation sites excluding steroid dienone is 2. The molecule has 1 aliphatic rings. The van der Waals surface area contributed by atoms with Gasteiger partial charge in [0.15, 0.2) is 0 Å². The van der Waals surface area contributed by atoms with Gasteiger partial charge in [0.05, 0.1) is 6.10 Å². The Kier molecular flexibility index (Phi) is 4.10. The highest BCUT2D eigenvalue weighted by Crippen LogP contribution is 2.17. The minimum Gasteiger partial charge on any atom is -0.393 e. The molecule has 0 aliphatic carbocycles. The van der Waals surface area contributed by atoms with Gasteiger partial charge in [0.1, 0.15) is 0 Å². The molecule has 1 aromatic rings.